The molecule has 0 aliphatic rings. The van der Waals surface area contributed by atoms with Crippen LogP contribution in [0.4, 0.5) is 0 Å². The minimum atomic E-state index is -0.439. The molecule has 0 saturated carbocycles. The molecule has 3 aromatic rings. The number of rotatable bonds is 8. The maximum Gasteiger partial charge on any atom is 0.266 e. The Balaban J connectivity index is 1.76. The molecule has 3 rings (SSSR count). The van der Waals surface area contributed by atoms with Crippen LogP contribution >= 0.6 is 0 Å². The molecule has 0 atom stereocenters. The number of nitrogens with one attached hydrogen (secondary N) is 2. The summed E-state index contributed by atoms with van der Waals surface area (Å²) in [4.78, 5) is 26.9. The van der Waals surface area contributed by atoms with Gasteiger partial charge in [-0.15, -0.1) is 0 Å². The number of H-pyrrole nitrogens is 1. The van der Waals surface area contributed by atoms with Crippen LogP contribution in [0.1, 0.15) is 23.7 Å². The van der Waals surface area contributed by atoms with Gasteiger partial charge < -0.3 is 19.8 Å². The fourth-order valence-electron chi connectivity index (χ4n) is 3.08. The molecule has 158 valence electrons. The van der Waals surface area contributed by atoms with Crippen LogP contribution in [-0.2, 0) is 11.3 Å². The summed E-state index contributed by atoms with van der Waals surface area (Å²) in [5.41, 5.74) is 2.39. The number of nitriles is 1. The Bertz CT molecular complexity index is 1160. The maximum atomic E-state index is 12.2. The van der Waals surface area contributed by atoms with Gasteiger partial charge in [0.2, 0.25) is 0 Å². The monoisotopic (exact) mass is 417 g/mol. The Morgan fingerprint density at radius 3 is 2.58 bits per heavy atom. The minimum Gasteiger partial charge on any atom is -0.490 e. The van der Waals surface area contributed by atoms with Crippen molar-refractivity contribution in [2.45, 2.75) is 20.4 Å². The van der Waals surface area contributed by atoms with E-state index in [0.29, 0.717) is 41.5 Å². The molecule has 0 unspecified atom stereocenters. The van der Waals surface area contributed by atoms with Gasteiger partial charge in [0.1, 0.15) is 11.6 Å². The van der Waals surface area contributed by atoms with E-state index < -0.39 is 5.56 Å². The molecule has 2 aromatic carbocycles. The third-order valence-electron chi connectivity index (χ3n) is 4.53. The van der Waals surface area contributed by atoms with Crippen molar-refractivity contribution in [3.05, 3.63) is 81.8 Å². The molecule has 2 N–H and O–H groups in total. The molecule has 0 aliphatic heterocycles. The zero-order valence-electron chi connectivity index (χ0n) is 17.4. The lowest BCUT2D eigenvalue weighted by atomic mass is 10.0. The molecule has 1 heterocycles. The number of amides is 1. The first kappa shape index (κ1) is 21.7. The topological polar surface area (TPSA) is 104 Å². The van der Waals surface area contributed by atoms with E-state index in [1.807, 2.05) is 43.3 Å². The highest BCUT2D eigenvalue weighted by atomic mass is 16.5. The van der Waals surface area contributed by atoms with Crippen LogP contribution in [0.5, 0.6) is 11.5 Å². The molecule has 0 bridgehead atoms. The summed E-state index contributed by atoms with van der Waals surface area (Å²) in [6.07, 6.45) is 0. The number of aromatic amines is 1. The van der Waals surface area contributed by atoms with Crippen molar-refractivity contribution in [2.24, 2.45) is 0 Å². The predicted molar refractivity (Wildman–Crippen MR) is 117 cm³/mol. The van der Waals surface area contributed by atoms with Crippen molar-refractivity contribution in [3.63, 3.8) is 0 Å². The number of carbonyl (C=O) groups is 1. The van der Waals surface area contributed by atoms with Gasteiger partial charge in [-0.2, -0.15) is 5.26 Å². The molecular formula is C24H23N3O4. The fourth-order valence-corrected chi connectivity index (χ4v) is 3.08. The average molecular weight is 417 g/mol. The molecule has 0 spiro atoms. The van der Waals surface area contributed by atoms with Gasteiger partial charge in [0, 0.05) is 17.8 Å². The summed E-state index contributed by atoms with van der Waals surface area (Å²) in [5, 5.41) is 12.2. The Morgan fingerprint density at radius 2 is 1.87 bits per heavy atom. The van der Waals surface area contributed by atoms with Gasteiger partial charge in [-0.3, -0.25) is 9.59 Å². The summed E-state index contributed by atoms with van der Waals surface area (Å²) >= 11 is 0. The number of aryl methyl sites for hydroxylation is 1. The molecule has 0 saturated heterocycles. The summed E-state index contributed by atoms with van der Waals surface area (Å²) in [6, 6.07) is 18.4. The highest BCUT2D eigenvalue weighted by molar-refractivity contribution is 5.78. The van der Waals surface area contributed by atoms with E-state index in [1.165, 1.54) is 0 Å². The van der Waals surface area contributed by atoms with Crippen LogP contribution in [-0.4, -0.2) is 24.1 Å². The SMILES string of the molecule is CCOc1cc(-c2cc(C)[nH]c(=O)c2C#N)ccc1OCC(=O)NCc1ccccc1. The zero-order chi connectivity index (χ0) is 22.2. The number of pyridine rings is 1. The third-order valence-corrected chi connectivity index (χ3v) is 4.53. The van der Waals surface area contributed by atoms with Crippen molar-refractivity contribution in [1.82, 2.24) is 10.3 Å². The number of hydrogen-bond acceptors (Lipinski definition) is 5. The molecule has 7 heteroatoms. The van der Waals surface area contributed by atoms with E-state index in [1.54, 1.807) is 31.2 Å². The summed E-state index contributed by atoms with van der Waals surface area (Å²) in [7, 11) is 0. The number of benzene rings is 2. The van der Waals surface area contributed by atoms with Crippen molar-refractivity contribution in [3.8, 4) is 28.7 Å². The second-order valence-corrected chi connectivity index (χ2v) is 6.83. The van der Waals surface area contributed by atoms with E-state index in [2.05, 4.69) is 10.3 Å². The standard InChI is InChI=1S/C24H23N3O4/c1-3-30-22-12-18(19-11-16(2)27-24(29)20(19)13-25)9-10-21(22)31-15-23(28)26-14-17-7-5-4-6-8-17/h4-12H,3,14-15H2,1-2H3,(H,26,28)(H,27,29). The molecule has 0 fully saturated rings. The van der Waals surface area contributed by atoms with Crippen molar-refractivity contribution in [2.75, 3.05) is 13.2 Å². The second kappa shape index (κ2) is 10.1. The number of carbonyl (C=O) groups excluding carboxylic acids is 1. The van der Waals surface area contributed by atoms with E-state index >= 15 is 0 Å². The van der Waals surface area contributed by atoms with Gasteiger partial charge in [0.05, 0.1) is 6.61 Å². The highest BCUT2D eigenvalue weighted by Gasteiger charge is 2.14. The summed E-state index contributed by atoms with van der Waals surface area (Å²) < 4.78 is 11.3. The third kappa shape index (κ3) is 5.52. The summed E-state index contributed by atoms with van der Waals surface area (Å²) in [6.45, 7) is 4.22. The molecular weight excluding hydrogens is 394 g/mol. The number of hydrogen-bond donors (Lipinski definition) is 2. The fraction of sp³-hybridized carbons (Fsp3) is 0.208. The van der Waals surface area contributed by atoms with Crippen LogP contribution in [0.3, 0.4) is 0 Å². The average Bonchev–Trinajstić information content (AvgIpc) is 2.77. The van der Waals surface area contributed by atoms with E-state index in [-0.39, 0.29) is 18.1 Å². The molecule has 7 nitrogen and oxygen atoms in total. The van der Waals surface area contributed by atoms with E-state index in [9.17, 15) is 14.9 Å². The zero-order valence-corrected chi connectivity index (χ0v) is 17.4. The lowest BCUT2D eigenvalue weighted by Gasteiger charge is -2.14. The van der Waals surface area contributed by atoms with Gasteiger partial charge in [-0.05, 0) is 43.2 Å². The van der Waals surface area contributed by atoms with E-state index in [0.717, 1.165) is 5.56 Å². The van der Waals surface area contributed by atoms with Crippen LogP contribution in [0.15, 0.2) is 59.4 Å². The first-order chi connectivity index (χ1) is 15.0. The molecule has 1 amide bonds. The number of ether oxygens (including phenoxy) is 2. The van der Waals surface area contributed by atoms with Gasteiger partial charge >= 0.3 is 0 Å². The quantitative estimate of drug-likeness (QED) is 0.585. The van der Waals surface area contributed by atoms with Gasteiger partial charge in [-0.25, -0.2) is 0 Å². The molecule has 0 aliphatic carbocycles. The Hall–Kier alpha value is -4.05. The Morgan fingerprint density at radius 1 is 1.10 bits per heavy atom. The molecule has 0 radical (unpaired) electrons. The Labute approximate surface area is 180 Å². The first-order valence-corrected chi connectivity index (χ1v) is 9.86. The van der Waals surface area contributed by atoms with Crippen LogP contribution in [0.25, 0.3) is 11.1 Å². The predicted octanol–water partition coefficient (Wildman–Crippen LogP) is 3.32. The van der Waals surface area contributed by atoms with Crippen LogP contribution in [0.2, 0.25) is 0 Å². The molecule has 31 heavy (non-hydrogen) atoms. The van der Waals surface area contributed by atoms with E-state index in [4.69, 9.17) is 9.47 Å². The number of nitrogens with zero attached hydrogens (tertiary/aromatic N) is 1. The van der Waals surface area contributed by atoms with Crippen LogP contribution in [0, 0.1) is 18.3 Å². The highest BCUT2D eigenvalue weighted by Crippen LogP contribution is 2.33. The van der Waals surface area contributed by atoms with Crippen molar-refractivity contribution in [1.29, 1.82) is 5.26 Å². The Kier molecular flexibility index (Phi) is 7.07. The summed E-state index contributed by atoms with van der Waals surface area (Å²) in [5.74, 6) is 0.575. The van der Waals surface area contributed by atoms with Crippen LogP contribution < -0.4 is 20.3 Å². The van der Waals surface area contributed by atoms with Crippen molar-refractivity contribution < 1.29 is 14.3 Å². The van der Waals surface area contributed by atoms with Gasteiger partial charge in [0.25, 0.3) is 11.5 Å². The maximum absolute atomic E-state index is 12.2. The minimum absolute atomic E-state index is 0.0296. The lowest BCUT2D eigenvalue weighted by Crippen LogP contribution is -2.28. The first-order valence-electron chi connectivity index (χ1n) is 9.86. The van der Waals surface area contributed by atoms with Gasteiger partial charge in [-0.1, -0.05) is 36.4 Å². The second-order valence-electron chi connectivity index (χ2n) is 6.83. The largest absolute Gasteiger partial charge is 0.490 e. The molecule has 1 aromatic heterocycles. The lowest BCUT2D eigenvalue weighted by molar-refractivity contribution is -0.123. The smallest absolute Gasteiger partial charge is 0.266 e. The van der Waals surface area contributed by atoms with Crippen molar-refractivity contribution >= 4 is 5.91 Å². The normalized spacial score (nSPS) is 10.2. The number of aromatic nitrogens is 1. The van der Waals surface area contributed by atoms with Gasteiger partial charge in [0.15, 0.2) is 18.1 Å².